The second-order valence-corrected chi connectivity index (χ2v) is 8.52. The maximum Gasteiger partial charge on any atom is 0.306 e. The summed E-state index contributed by atoms with van der Waals surface area (Å²) in [5, 5.41) is 0. The summed E-state index contributed by atoms with van der Waals surface area (Å²) in [7, 11) is -1.54. The lowest BCUT2D eigenvalue weighted by atomic mass is 10.2. The zero-order valence-electron chi connectivity index (χ0n) is 14.4. The van der Waals surface area contributed by atoms with Crippen molar-refractivity contribution in [3.63, 3.8) is 0 Å². The van der Waals surface area contributed by atoms with Gasteiger partial charge >= 0.3 is 10.2 Å². The van der Waals surface area contributed by atoms with Gasteiger partial charge in [-0.15, -0.1) is 0 Å². The summed E-state index contributed by atoms with van der Waals surface area (Å²) in [6.07, 6.45) is 2.51. The molecule has 4 heterocycles. The van der Waals surface area contributed by atoms with E-state index < -0.39 is 10.2 Å². The quantitative estimate of drug-likeness (QED) is 0.703. The van der Waals surface area contributed by atoms with Crippen LogP contribution in [0.3, 0.4) is 0 Å². The average Bonchev–Trinajstić information content (AvgIpc) is 3.18. The van der Waals surface area contributed by atoms with E-state index in [-0.39, 0.29) is 12.0 Å². The minimum atomic E-state index is -3.56. The van der Waals surface area contributed by atoms with E-state index in [1.165, 1.54) is 4.31 Å². The summed E-state index contributed by atoms with van der Waals surface area (Å²) in [6.45, 7) is 5.42. The zero-order valence-corrected chi connectivity index (χ0v) is 15.2. The second-order valence-electron chi connectivity index (χ2n) is 6.71. The third kappa shape index (κ3) is 3.19. The molecule has 138 valence electrons. The van der Waals surface area contributed by atoms with Crippen molar-refractivity contribution in [1.82, 2.24) is 19.2 Å². The molecule has 3 fully saturated rings. The summed E-state index contributed by atoms with van der Waals surface area (Å²) in [4.78, 5) is 13.0. The first-order chi connectivity index (χ1) is 12.1. The first kappa shape index (κ1) is 17.0. The Balaban J connectivity index is 1.55. The number of hydrogen-bond donors (Lipinski definition) is 0. The molecule has 10 heteroatoms. The van der Waals surface area contributed by atoms with Crippen molar-refractivity contribution < 1.29 is 13.2 Å². The third-order valence-electron chi connectivity index (χ3n) is 5.06. The summed E-state index contributed by atoms with van der Waals surface area (Å²) in [5.74, 6) is 1.01. The maximum atomic E-state index is 13.0. The Bertz CT molecular complexity index is 724. The van der Waals surface area contributed by atoms with Crippen molar-refractivity contribution in [3.05, 3.63) is 12.3 Å². The molecule has 3 saturated heterocycles. The Hall–Kier alpha value is -1.49. The molecule has 4 rings (SSSR count). The number of likely N-dealkylation sites (N-methyl/N-ethyl adjacent to an activating group) is 1. The lowest BCUT2D eigenvalue weighted by Gasteiger charge is -2.28. The summed E-state index contributed by atoms with van der Waals surface area (Å²) in [6, 6.07) is 1.86. The molecule has 0 spiro atoms. The predicted molar refractivity (Wildman–Crippen MR) is 93.9 cm³/mol. The van der Waals surface area contributed by atoms with Gasteiger partial charge in [-0.25, -0.2) is 9.29 Å². The van der Waals surface area contributed by atoms with Crippen LogP contribution in [0.25, 0.3) is 0 Å². The molecular weight excluding hydrogens is 344 g/mol. The first-order valence-electron chi connectivity index (χ1n) is 8.69. The van der Waals surface area contributed by atoms with Gasteiger partial charge in [0, 0.05) is 38.4 Å². The molecule has 0 aliphatic carbocycles. The molecule has 1 aromatic heterocycles. The highest BCUT2D eigenvalue weighted by Crippen LogP contribution is 2.28. The fourth-order valence-electron chi connectivity index (χ4n) is 3.70. The van der Waals surface area contributed by atoms with Gasteiger partial charge in [-0.05, 0) is 26.1 Å². The standard InChI is InChI=1S/C15H24N6O3S/c1-18-5-3-13(12-18)20-6-7-21(25(20,22)23)15-16-4-2-14(17-15)19-8-10-24-11-9-19/h2,4,13H,3,5-12H2,1H3/t13-/m1/s1. The Morgan fingerprint density at radius 2 is 1.96 bits per heavy atom. The van der Waals surface area contributed by atoms with Crippen LogP contribution in [0.4, 0.5) is 11.8 Å². The van der Waals surface area contributed by atoms with Gasteiger partial charge in [0.2, 0.25) is 5.95 Å². The van der Waals surface area contributed by atoms with Crippen LogP contribution in [-0.2, 0) is 14.9 Å². The number of morpholine rings is 1. The molecule has 25 heavy (non-hydrogen) atoms. The van der Waals surface area contributed by atoms with Gasteiger partial charge in [0.1, 0.15) is 5.82 Å². The molecule has 0 radical (unpaired) electrons. The van der Waals surface area contributed by atoms with Crippen molar-refractivity contribution >= 4 is 22.0 Å². The Morgan fingerprint density at radius 3 is 2.68 bits per heavy atom. The van der Waals surface area contributed by atoms with Crippen molar-refractivity contribution in [1.29, 1.82) is 0 Å². The Morgan fingerprint density at radius 1 is 1.16 bits per heavy atom. The molecule has 9 nitrogen and oxygen atoms in total. The van der Waals surface area contributed by atoms with Gasteiger partial charge in [0.05, 0.1) is 19.8 Å². The predicted octanol–water partition coefficient (Wildman–Crippen LogP) is -0.616. The van der Waals surface area contributed by atoms with Crippen LogP contribution in [0.5, 0.6) is 0 Å². The molecule has 0 aromatic carbocycles. The molecule has 1 aromatic rings. The van der Waals surface area contributed by atoms with Crippen LogP contribution >= 0.6 is 0 Å². The van der Waals surface area contributed by atoms with Crippen LogP contribution in [0.15, 0.2) is 12.3 Å². The lowest BCUT2D eigenvalue weighted by Crippen LogP contribution is -2.41. The van der Waals surface area contributed by atoms with E-state index in [0.717, 1.165) is 38.4 Å². The van der Waals surface area contributed by atoms with Crippen LogP contribution < -0.4 is 9.21 Å². The van der Waals surface area contributed by atoms with E-state index in [0.29, 0.717) is 26.3 Å². The largest absolute Gasteiger partial charge is 0.378 e. The fourth-order valence-corrected chi connectivity index (χ4v) is 5.42. The van der Waals surface area contributed by atoms with Crippen LogP contribution in [0.2, 0.25) is 0 Å². The van der Waals surface area contributed by atoms with E-state index in [1.54, 1.807) is 10.5 Å². The molecule has 3 aliphatic rings. The molecule has 1 atom stereocenters. The fraction of sp³-hybridized carbons (Fsp3) is 0.733. The summed E-state index contributed by atoms with van der Waals surface area (Å²) < 4.78 is 34.3. The highest BCUT2D eigenvalue weighted by Gasteiger charge is 2.43. The van der Waals surface area contributed by atoms with Gasteiger partial charge in [0.25, 0.3) is 0 Å². The van der Waals surface area contributed by atoms with E-state index in [9.17, 15) is 8.42 Å². The second kappa shape index (κ2) is 6.67. The number of rotatable bonds is 3. The average molecular weight is 368 g/mol. The minimum absolute atomic E-state index is 0.0439. The number of hydrogen-bond acceptors (Lipinski definition) is 7. The highest BCUT2D eigenvalue weighted by atomic mass is 32.2. The number of nitrogens with zero attached hydrogens (tertiary/aromatic N) is 6. The molecule has 3 aliphatic heterocycles. The maximum absolute atomic E-state index is 13.0. The molecule has 0 N–H and O–H groups in total. The van der Waals surface area contributed by atoms with Crippen molar-refractivity contribution in [2.45, 2.75) is 12.5 Å². The van der Waals surface area contributed by atoms with Crippen LogP contribution in [0, 0.1) is 0 Å². The number of ether oxygens (including phenoxy) is 1. The van der Waals surface area contributed by atoms with Crippen molar-refractivity contribution in [2.24, 2.45) is 0 Å². The van der Waals surface area contributed by atoms with Crippen LogP contribution in [0.1, 0.15) is 6.42 Å². The van der Waals surface area contributed by atoms with E-state index in [1.807, 2.05) is 13.1 Å². The van der Waals surface area contributed by atoms with E-state index >= 15 is 0 Å². The zero-order chi connectivity index (χ0) is 17.4. The van der Waals surface area contributed by atoms with E-state index in [2.05, 4.69) is 19.8 Å². The van der Waals surface area contributed by atoms with Gasteiger partial charge < -0.3 is 14.5 Å². The van der Waals surface area contributed by atoms with Crippen LogP contribution in [-0.4, -0.2) is 93.2 Å². The van der Waals surface area contributed by atoms with Gasteiger partial charge in [-0.2, -0.15) is 17.7 Å². The first-order valence-corrected chi connectivity index (χ1v) is 10.1. The molecule has 0 bridgehead atoms. The summed E-state index contributed by atoms with van der Waals surface area (Å²) >= 11 is 0. The molecule has 0 saturated carbocycles. The minimum Gasteiger partial charge on any atom is -0.378 e. The topological polar surface area (TPSA) is 82.1 Å². The SMILES string of the molecule is CN1CC[C@@H](N2CCN(c3nccc(N4CCOCC4)n3)S2(=O)=O)C1. The van der Waals surface area contributed by atoms with Crippen molar-refractivity contribution in [2.75, 3.05) is 68.7 Å². The van der Waals surface area contributed by atoms with Crippen molar-refractivity contribution in [3.8, 4) is 0 Å². The Kier molecular flexibility index (Phi) is 4.52. The van der Waals surface area contributed by atoms with Gasteiger partial charge in [-0.3, -0.25) is 0 Å². The number of anilines is 2. The van der Waals surface area contributed by atoms with Gasteiger partial charge in [-0.1, -0.05) is 0 Å². The normalized spacial score (nSPS) is 28.0. The molecule has 0 amide bonds. The van der Waals surface area contributed by atoms with Gasteiger partial charge in [0.15, 0.2) is 0 Å². The Labute approximate surface area is 148 Å². The monoisotopic (exact) mass is 368 g/mol. The van der Waals surface area contributed by atoms with E-state index in [4.69, 9.17) is 4.74 Å². The third-order valence-corrected chi connectivity index (χ3v) is 7.03. The molecular formula is C15H24N6O3S. The highest BCUT2D eigenvalue weighted by molar-refractivity contribution is 7.90. The lowest BCUT2D eigenvalue weighted by molar-refractivity contribution is 0.122. The molecule has 0 unspecified atom stereocenters. The summed E-state index contributed by atoms with van der Waals surface area (Å²) in [5.41, 5.74) is 0. The smallest absolute Gasteiger partial charge is 0.306 e. The number of aromatic nitrogens is 2. The number of likely N-dealkylation sites (tertiary alicyclic amines) is 1.